The summed E-state index contributed by atoms with van der Waals surface area (Å²) in [5.41, 5.74) is 0.929. The number of hydrogen-bond donors (Lipinski definition) is 1. The molecule has 5 nitrogen and oxygen atoms in total. The van der Waals surface area contributed by atoms with Gasteiger partial charge in [-0.3, -0.25) is 4.57 Å². The van der Waals surface area contributed by atoms with Crippen molar-refractivity contribution < 1.29 is 0 Å². The number of fused-ring (bicyclic) bond motifs is 1. The van der Waals surface area contributed by atoms with Crippen molar-refractivity contribution in [3.05, 3.63) is 43.0 Å². The summed E-state index contributed by atoms with van der Waals surface area (Å²) in [6, 6.07) is 8.02. The second kappa shape index (κ2) is 5.92. The Morgan fingerprint density at radius 3 is 2.95 bits per heavy atom. The van der Waals surface area contributed by atoms with Crippen LogP contribution in [0.25, 0.3) is 16.9 Å². The third-order valence-corrected chi connectivity index (χ3v) is 3.54. The van der Waals surface area contributed by atoms with Crippen LogP contribution in [0.4, 0.5) is 5.82 Å². The van der Waals surface area contributed by atoms with Gasteiger partial charge in [0.05, 0.1) is 5.52 Å². The van der Waals surface area contributed by atoms with E-state index in [1.807, 2.05) is 46.8 Å². The molecule has 0 bridgehead atoms. The van der Waals surface area contributed by atoms with E-state index < -0.39 is 0 Å². The number of nitrogens with one attached hydrogen (secondary N) is 1. The second-order valence-corrected chi connectivity index (χ2v) is 5.26. The summed E-state index contributed by atoms with van der Waals surface area (Å²) in [6.45, 7) is 0.880. The Balaban J connectivity index is 2.05. The fourth-order valence-corrected chi connectivity index (χ4v) is 2.27. The maximum Gasteiger partial charge on any atom is 0.237 e. The van der Waals surface area contributed by atoms with Crippen molar-refractivity contribution in [3.63, 3.8) is 0 Å². The van der Waals surface area contributed by atoms with Gasteiger partial charge in [-0.2, -0.15) is 16.7 Å². The van der Waals surface area contributed by atoms with Crippen LogP contribution in [0.3, 0.4) is 0 Å². The van der Waals surface area contributed by atoms with E-state index in [-0.39, 0.29) is 0 Å². The van der Waals surface area contributed by atoms with Gasteiger partial charge in [0, 0.05) is 30.1 Å². The first kappa shape index (κ1) is 12.9. The van der Waals surface area contributed by atoms with Crippen molar-refractivity contribution in [2.24, 2.45) is 0 Å². The number of aromatic nitrogens is 4. The molecule has 3 rings (SSSR count). The topological polar surface area (TPSA) is 55.6 Å². The van der Waals surface area contributed by atoms with Crippen molar-refractivity contribution in [1.29, 1.82) is 0 Å². The molecule has 0 radical (unpaired) electrons. The SMILES string of the molecule is CSCCNc1nc(-n2ccnc2)nc2ccccc12. The van der Waals surface area contributed by atoms with Crippen molar-refractivity contribution in [1.82, 2.24) is 19.5 Å². The van der Waals surface area contributed by atoms with Crippen LogP contribution in [0.1, 0.15) is 0 Å². The van der Waals surface area contributed by atoms with Crippen molar-refractivity contribution in [3.8, 4) is 5.95 Å². The zero-order chi connectivity index (χ0) is 13.8. The summed E-state index contributed by atoms with van der Waals surface area (Å²) in [6.07, 6.45) is 7.36. The number of thioether (sulfide) groups is 1. The predicted molar refractivity (Wildman–Crippen MR) is 83.5 cm³/mol. The fraction of sp³-hybridized carbons (Fsp3) is 0.214. The normalized spacial score (nSPS) is 10.8. The van der Waals surface area contributed by atoms with Gasteiger partial charge in [0.2, 0.25) is 5.95 Å². The Labute approximate surface area is 121 Å². The van der Waals surface area contributed by atoms with Crippen LogP contribution in [-0.2, 0) is 0 Å². The molecule has 0 saturated carbocycles. The highest BCUT2D eigenvalue weighted by molar-refractivity contribution is 7.98. The molecule has 3 aromatic rings. The number of imidazole rings is 1. The minimum absolute atomic E-state index is 0.632. The Morgan fingerprint density at radius 1 is 1.25 bits per heavy atom. The van der Waals surface area contributed by atoms with Gasteiger partial charge in [0.15, 0.2) is 0 Å². The molecule has 102 valence electrons. The van der Waals surface area contributed by atoms with E-state index in [2.05, 4.69) is 26.5 Å². The van der Waals surface area contributed by atoms with E-state index in [1.165, 1.54) is 0 Å². The van der Waals surface area contributed by atoms with Gasteiger partial charge in [-0.1, -0.05) is 12.1 Å². The number of anilines is 1. The van der Waals surface area contributed by atoms with Crippen LogP contribution in [0.5, 0.6) is 0 Å². The van der Waals surface area contributed by atoms with Crippen LogP contribution < -0.4 is 5.32 Å². The molecular weight excluding hydrogens is 270 g/mol. The van der Waals surface area contributed by atoms with Crippen molar-refractivity contribution in [2.75, 3.05) is 23.9 Å². The Bertz CT molecular complexity index is 696. The predicted octanol–water partition coefficient (Wildman–Crippen LogP) is 2.59. The molecular formula is C14H15N5S. The van der Waals surface area contributed by atoms with Crippen LogP contribution in [-0.4, -0.2) is 38.1 Å². The first-order valence-electron chi connectivity index (χ1n) is 6.36. The average Bonchev–Trinajstić information content (AvgIpc) is 3.01. The molecule has 0 saturated heterocycles. The zero-order valence-electron chi connectivity index (χ0n) is 11.2. The Kier molecular flexibility index (Phi) is 3.83. The first-order valence-corrected chi connectivity index (χ1v) is 7.76. The van der Waals surface area contributed by atoms with E-state index in [0.717, 1.165) is 29.0 Å². The van der Waals surface area contributed by atoms with Gasteiger partial charge in [0.1, 0.15) is 12.1 Å². The summed E-state index contributed by atoms with van der Waals surface area (Å²) in [7, 11) is 0. The highest BCUT2D eigenvalue weighted by Gasteiger charge is 2.08. The van der Waals surface area contributed by atoms with Gasteiger partial charge in [0.25, 0.3) is 0 Å². The van der Waals surface area contributed by atoms with E-state index in [9.17, 15) is 0 Å². The molecule has 0 spiro atoms. The summed E-state index contributed by atoms with van der Waals surface area (Å²) in [5, 5.41) is 4.42. The molecule has 2 aromatic heterocycles. The standard InChI is InChI=1S/C14H15N5S/c1-20-9-7-16-13-11-4-2-3-5-12(11)17-14(18-13)19-8-6-15-10-19/h2-6,8,10H,7,9H2,1H3,(H,16,17,18). The second-order valence-electron chi connectivity index (χ2n) is 4.28. The molecule has 0 fully saturated rings. The average molecular weight is 285 g/mol. The van der Waals surface area contributed by atoms with Crippen molar-refractivity contribution in [2.45, 2.75) is 0 Å². The lowest BCUT2D eigenvalue weighted by Crippen LogP contribution is -2.09. The molecule has 0 unspecified atom stereocenters. The minimum Gasteiger partial charge on any atom is -0.369 e. The van der Waals surface area contributed by atoms with Crippen molar-refractivity contribution >= 4 is 28.5 Å². The molecule has 0 aliphatic heterocycles. The van der Waals surface area contributed by atoms with E-state index in [1.54, 1.807) is 12.5 Å². The highest BCUT2D eigenvalue weighted by Crippen LogP contribution is 2.21. The third-order valence-electron chi connectivity index (χ3n) is 2.93. The first-order chi connectivity index (χ1) is 9.88. The molecule has 2 heterocycles. The zero-order valence-corrected chi connectivity index (χ0v) is 12.0. The Hall–Kier alpha value is -2.08. The molecule has 0 atom stereocenters. The van der Waals surface area contributed by atoms with Crippen LogP contribution >= 0.6 is 11.8 Å². The number of nitrogens with zero attached hydrogens (tertiary/aromatic N) is 4. The lowest BCUT2D eigenvalue weighted by Gasteiger charge is -2.10. The van der Waals surface area contributed by atoms with Gasteiger partial charge < -0.3 is 5.32 Å². The summed E-state index contributed by atoms with van der Waals surface area (Å²) < 4.78 is 1.81. The quantitative estimate of drug-likeness (QED) is 0.730. The molecule has 0 aliphatic carbocycles. The number of rotatable bonds is 5. The van der Waals surface area contributed by atoms with E-state index in [4.69, 9.17) is 0 Å². The largest absolute Gasteiger partial charge is 0.369 e. The number of benzene rings is 1. The number of hydrogen-bond acceptors (Lipinski definition) is 5. The third kappa shape index (κ3) is 2.60. The molecule has 0 amide bonds. The lowest BCUT2D eigenvalue weighted by molar-refractivity contribution is 0.939. The fourth-order valence-electron chi connectivity index (χ4n) is 1.96. The van der Waals surface area contributed by atoms with E-state index in [0.29, 0.717) is 5.95 Å². The van der Waals surface area contributed by atoms with Gasteiger partial charge in [-0.05, 0) is 18.4 Å². The molecule has 1 N–H and O–H groups in total. The summed E-state index contributed by atoms with van der Waals surface area (Å²) >= 11 is 1.81. The van der Waals surface area contributed by atoms with Crippen LogP contribution in [0, 0.1) is 0 Å². The van der Waals surface area contributed by atoms with Crippen LogP contribution in [0.15, 0.2) is 43.0 Å². The van der Waals surface area contributed by atoms with Crippen LogP contribution in [0.2, 0.25) is 0 Å². The summed E-state index contributed by atoms with van der Waals surface area (Å²) in [4.78, 5) is 13.2. The Morgan fingerprint density at radius 2 is 2.15 bits per heavy atom. The van der Waals surface area contributed by atoms with Gasteiger partial charge in [-0.25, -0.2) is 9.97 Å². The molecule has 20 heavy (non-hydrogen) atoms. The maximum atomic E-state index is 4.61. The lowest BCUT2D eigenvalue weighted by atomic mass is 10.2. The molecule has 1 aromatic carbocycles. The monoisotopic (exact) mass is 285 g/mol. The molecule has 6 heteroatoms. The smallest absolute Gasteiger partial charge is 0.237 e. The summed E-state index contributed by atoms with van der Waals surface area (Å²) in [5.74, 6) is 2.54. The molecule has 0 aliphatic rings. The highest BCUT2D eigenvalue weighted by atomic mass is 32.2. The number of para-hydroxylation sites is 1. The minimum atomic E-state index is 0.632. The van der Waals surface area contributed by atoms with Gasteiger partial charge in [-0.15, -0.1) is 0 Å². The van der Waals surface area contributed by atoms with E-state index >= 15 is 0 Å². The van der Waals surface area contributed by atoms with Gasteiger partial charge >= 0.3 is 0 Å². The maximum absolute atomic E-state index is 4.61.